The number of urea groups is 2. The first-order valence-corrected chi connectivity index (χ1v) is 11.8. The van der Waals surface area contributed by atoms with Crippen molar-refractivity contribution in [2.45, 2.75) is 52.2 Å². The monoisotopic (exact) mass is 515 g/mol. The molecule has 2 aliphatic rings. The smallest absolute Gasteiger partial charge is 0.336 e. The summed E-state index contributed by atoms with van der Waals surface area (Å²) in [4.78, 5) is 67.1. The van der Waals surface area contributed by atoms with E-state index in [4.69, 9.17) is 9.47 Å². The molecule has 2 unspecified atom stereocenters. The molecule has 0 aromatic carbocycles. The third-order valence-corrected chi connectivity index (χ3v) is 5.96. The van der Waals surface area contributed by atoms with Gasteiger partial charge in [0, 0.05) is 13.2 Å². The number of aliphatic hydroxyl groups is 2. The van der Waals surface area contributed by atoms with Crippen LogP contribution in [0.4, 0.5) is 9.59 Å². The van der Waals surface area contributed by atoms with E-state index in [-0.39, 0.29) is 39.6 Å². The molecule has 16 nitrogen and oxygen atoms in total. The van der Waals surface area contributed by atoms with Crippen molar-refractivity contribution in [2.24, 2.45) is 0 Å². The Hall–Kier alpha value is -3.21. The summed E-state index contributed by atoms with van der Waals surface area (Å²) in [6, 6.07) is -0.909. The molecule has 2 aliphatic heterocycles. The van der Waals surface area contributed by atoms with Crippen LogP contribution in [-0.2, 0) is 29.1 Å². The fourth-order valence-corrected chi connectivity index (χ4v) is 4.28. The van der Waals surface area contributed by atoms with Crippen molar-refractivity contribution >= 4 is 12.1 Å². The first-order chi connectivity index (χ1) is 17.3. The first-order valence-electron chi connectivity index (χ1n) is 11.8. The van der Waals surface area contributed by atoms with Gasteiger partial charge in [0.25, 0.3) is 0 Å². The highest BCUT2D eigenvalue weighted by Crippen LogP contribution is 2.28. The summed E-state index contributed by atoms with van der Waals surface area (Å²) in [5.41, 5.74) is -2.56. The molecule has 2 atom stereocenters. The maximum Gasteiger partial charge on any atom is 0.336 e. The van der Waals surface area contributed by atoms with E-state index in [0.29, 0.717) is 19.6 Å². The van der Waals surface area contributed by atoms with Crippen LogP contribution in [0.3, 0.4) is 0 Å². The third kappa shape index (κ3) is 5.16. The zero-order chi connectivity index (χ0) is 26.4. The summed E-state index contributed by atoms with van der Waals surface area (Å²) in [7, 11) is 0. The number of aromatic nitrogens is 3. The molecule has 2 saturated heterocycles. The number of nitrogens with one attached hydrogen (secondary N) is 1. The minimum Gasteiger partial charge on any atom is -0.395 e. The highest BCUT2D eigenvalue weighted by Gasteiger charge is 2.54. The molecular formula is C20H33N7O9. The van der Waals surface area contributed by atoms with Crippen molar-refractivity contribution in [3.8, 4) is 0 Å². The Morgan fingerprint density at radius 3 is 1.89 bits per heavy atom. The quantitative estimate of drug-likeness (QED) is 0.217. The lowest BCUT2D eigenvalue weighted by atomic mass is 10.3. The minimum absolute atomic E-state index is 0.0717. The molecule has 1 aromatic heterocycles. The van der Waals surface area contributed by atoms with Crippen LogP contribution >= 0.6 is 0 Å². The number of hydrogen-bond donors (Lipinski definition) is 3. The van der Waals surface area contributed by atoms with E-state index in [9.17, 15) is 34.2 Å². The molecule has 0 spiro atoms. The summed E-state index contributed by atoms with van der Waals surface area (Å²) < 4.78 is 13.2. The van der Waals surface area contributed by atoms with Gasteiger partial charge in [-0.25, -0.2) is 37.7 Å². The number of rotatable bonds is 14. The third-order valence-electron chi connectivity index (χ3n) is 5.96. The topological polar surface area (TPSA) is 181 Å². The number of carbonyl (C=O) groups is 2. The Labute approximate surface area is 205 Å². The van der Waals surface area contributed by atoms with E-state index in [1.807, 2.05) is 6.92 Å². The van der Waals surface area contributed by atoms with Gasteiger partial charge in [-0.05, 0) is 13.3 Å². The molecular weight excluding hydrogens is 482 g/mol. The predicted octanol–water partition coefficient (Wildman–Crippen LogP) is -3.05. The van der Waals surface area contributed by atoms with Gasteiger partial charge in [-0.3, -0.25) is 14.7 Å². The van der Waals surface area contributed by atoms with Gasteiger partial charge >= 0.3 is 29.1 Å². The highest BCUT2D eigenvalue weighted by atomic mass is 16.5. The van der Waals surface area contributed by atoms with Crippen molar-refractivity contribution in [2.75, 3.05) is 46.4 Å². The van der Waals surface area contributed by atoms with Crippen LogP contribution in [-0.4, -0.2) is 109 Å². The molecule has 1 aromatic rings. The Morgan fingerprint density at radius 1 is 0.778 bits per heavy atom. The number of hydrogen-bond acceptors (Lipinski definition) is 9. The molecule has 0 saturated carbocycles. The van der Waals surface area contributed by atoms with Crippen LogP contribution in [0, 0.1) is 0 Å². The van der Waals surface area contributed by atoms with Gasteiger partial charge in [-0.2, -0.15) is 0 Å². The Morgan fingerprint density at radius 2 is 1.36 bits per heavy atom. The SMILES string of the molecule is CCCN1C(=O)N(COCCn2c(=O)n(CCO)c(=O)n(CCOCC)c2=O)C2NC(=O)N(CO)C21. The van der Waals surface area contributed by atoms with Gasteiger partial charge in [0.1, 0.15) is 19.6 Å². The maximum atomic E-state index is 12.9. The van der Waals surface area contributed by atoms with E-state index < -0.39 is 54.8 Å². The molecule has 0 aliphatic carbocycles. The normalized spacial score (nSPS) is 19.4. The molecule has 0 radical (unpaired) electrons. The zero-order valence-electron chi connectivity index (χ0n) is 20.4. The van der Waals surface area contributed by atoms with E-state index in [1.54, 1.807) is 6.92 Å². The minimum atomic E-state index is -0.886. The van der Waals surface area contributed by atoms with Crippen molar-refractivity contribution in [1.29, 1.82) is 0 Å². The van der Waals surface area contributed by atoms with Gasteiger partial charge in [-0.1, -0.05) is 6.92 Å². The largest absolute Gasteiger partial charge is 0.395 e. The molecule has 0 bridgehead atoms. The first kappa shape index (κ1) is 27.4. The van der Waals surface area contributed by atoms with Gasteiger partial charge < -0.3 is 25.0 Å². The lowest BCUT2D eigenvalue weighted by Crippen LogP contribution is -2.55. The molecule has 36 heavy (non-hydrogen) atoms. The molecule has 202 valence electrons. The van der Waals surface area contributed by atoms with E-state index in [1.165, 1.54) is 9.80 Å². The van der Waals surface area contributed by atoms with Crippen molar-refractivity contribution < 1.29 is 29.3 Å². The number of fused-ring (bicyclic) bond motifs is 1. The molecule has 3 heterocycles. The number of ether oxygens (including phenoxy) is 2. The average Bonchev–Trinajstić information content (AvgIpc) is 3.30. The highest BCUT2D eigenvalue weighted by molar-refractivity contribution is 5.84. The van der Waals surface area contributed by atoms with Crippen LogP contribution < -0.4 is 22.4 Å². The average molecular weight is 516 g/mol. The Bertz CT molecular complexity index is 1110. The zero-order valence-corrected chi connectivity index (χ0v) is 20.4. The van der Waals surface area contributed by atoms with E-state index in [0.717, 1.165) is 18.6 Å². The summed E-state index contributed by atoms with van der Waals surface area (Å²) in [5.74, 6) is 0. The summed E-state index contributed by atoms with van der Waals surface area (Å²) in [6.45, 7) is 2.46. The van der Waals surface area contributed by atoms with E-state index in [2.05, 4.69) is 5.32 Å². The van der Waals surface area contributed by atoms with Crippen LogP contribution in [0.1, 0.15) is 20.3 Å². The molecule has 3 rings (SSSR count). The van der Waals surface area contributed by atoms with Crippen molar-refractivity contribution in [1.82, 2.24) is 33.7 Å². The summed E-state index contributed by atoms with van der Waals surface area (Å²) in [5, 5.41) is 21.5. The standard InChI is InChI=1S/C20H33N7O9/c1-3-5-22-15-14(21-16(30)26(15)12-29)27(17(22)31)13-36-11-8-25-19(33)23(6-9-28)18(32)24(20(25)34)7-10-35-4-2/h14-15,28-29H,3-13H2,1-2H3,(H,21,30). The fourth-order valence-electron chi connectivity index (χ4n) is 4.28. The van der Waals surface area contributed by atoms with Crippen LogP contribution in [0.15, 0.2) is 14.4 Å². The molecule has 16 heteroatoms. The Balaban J connectivity index is 1.73. The number of carbonyl (C=O) groups excluding carboxylic acids is 2. The second kappa shape index (κ2) is 12.2. The van der Waals surface area contributed by atoms with Crippen molar-refractivity contribution in [3.05, 3.63) is 31.5 Å². The lowest BCUT2D eigenvalue weighted by molar-refractivity contribution is 0.0259. The van der Waals surface area contributed by atoms with Crippen LogP contribution in [0.25, 0.3) is 0 Å². The maximum absolute atomic E-state index is 12.9. The second-order valence-corrected chi connectivity index (χ2v) is 8.13. The van der Waals surface area contributed by atoms with Gasteiger partial charge in [0.05, 0.1) is 39.5 Å². The van der Waals surface area contributed by atoms with Gasteiger partial charge in [-0.15, -0.1) is 0 Å². The Kier molecular flexibility index (Phi) is 9.25. The number of nitrogens with zero attached hydrogens (tertiary/aromatic N) is 6. The molecule has 2 fully saturated rings. The lowest BCUT2D eigenvalue weighted by Gasteiger charge is -2.27. The molecule has 3 N–H and O–H groups in total. The predicted molar refractivity (Wildman–Crippen MR) is 123 cm³/mol. The second-order valence-electron chi connectivity index (χ2n) is 8.13. The van der Waals surface area contributed by atoms with Crippen LogP contribution in [0.5, 0.6) is 0 Å². The number of aliphatic hydroxyl groups excluding tert-OH is 2. The van der Waals surface area contributed by atoms with Crippen molar-refractivity contribution in [3.63, 3.8) is 0 Å². The summed E-state index contributed by atoms with van der Waals surface area (Å²) >= 11 is 0. The number of amides is 4. The van der Waals surface area contributed by atoms with Gasteiger partial charge in [0.2, 0.25) is 0 Å². The van der Waals surface area contributed by atoms with Gasteiger partial charge in [0.15, 0.2) is 6.17 Å². The van der Waals surface area contributed by atoms with E-state index >= 15 is 0 Å². The fraction of sp³-hybridized carbons (Fsp3) is 0.750. The summed E-state index contributed by atoms with van der Waals surface area (Å²) in [6.07, 6.45) is -0.798. The van der Waals surface area contributed by atoms with Crippen LogP contribution in [0.2, 0.25) is 0 Å². The molecule has 4 amide bonds.